The minimum absolute atomic E-state index is 0.0574. The molecule has 0 aliphatic carbocycles. The summed E-state index contributed by atoms with van der Waals surface area (Å²) in [6, 6.07) is 26.1. The average molecular weight is 736 g/mol. The third-order valence-corrected chi connectivity index (χ3v) is 8.55. The number of benzene rings is 3. The molecule has 2 aliphatic rings. The van der Waals surface area contributed by atoms with E-state index in [0.717, 1.165) is 20.5 Å². The van der Waals surface area contributed by atoms with Crippen molar-refractivity contribution in [3.05, 3.63) is 157 Å². The van der Waals surface area contributed by atoms with Crippen molar-refractivity contribution in [3.63, 3.8) is 0 Å². The Kier molecular flexibility index (Phi) is 11.0. The molecule has 2 aromatic heterocycles. The summed E-state index contributed by atoms with van der Waals surface area (Å²) in [4.78, 5) is 59.4. The van der Waals surface area contributed by atoms with Crippen LogP contribution in [0, 0.1) is 5.82 Å². The maximum atomic E-state index is 13.6. The number of methoxy groups -OCH3 is 1. The molecule has 1 amide bonds. The first kappa shape index (κ1) is 36.8. The molecular formula is C38H34FN7O8. The number of hydrogen-bond donors (Lipinski definition) is 2. The number of carbonyl (C=O) groups is 2. The smallest absolute Gasteiger partial charge is 0.356 e. The molecule has 3 aromatic carbocycles. The van der Waals surface area contributed by atoms with Crippen molar-refractivity contribution in [1.82, 2.24) is 24.9 Å². The molecule has 0 saturated carbocycles. The van der Waals surface area contributed by atoms with Crippen LogP contribution in [-0.4, -0.2) is 55.1 Å². The van der Waals surface area contributed by atoms with E-state index in [9.17, 15) is 23.6 Å². The lowest BCUT2D eigenvalue weighted by Crippen LogP contribution is -2.32. The van der Waals surface area contributed by atoms with Crippen LogP contribution in [0.2, 0.25) is 0 Å². The molecule has 2 N–H and O–H groups in total. The van der Waals surface area contributed by atoms with Gasteiger partial charge in [-0.3, -0.25) is 14.4 Å². The van der Waals surface area contributed by atoms with E-state index in [-0.39, 0.29) is 52.6 Å². The zero-order valence-corrected chi connectivity index (χ0v) is 29.3. The summed E-state index contributed by atoms with van der Waals surface area (Å²) >= 11 is 0. The van der Waals surface area contributed by atoms with Crippen molar-refractivity contribution in [2.75, 3.05) is 7.11 Å². The minimum atomic E-state index is -1.20. The van der Waals surface area contributed by atoms with E-state index in [1.807, 2.05) is 60.7 Å². The number of halogens is 1. The van der Waals surface area contributed by atoms with Gasteiger partial charge in [-0.2, -0.15) is 10.2 Å². The average Bonchev–Trinajstić information content (AvgIpc) is 3.89. The Hall–Kier alpha value is -6.97. The summed E-state index contributed by atoms with van der Waals surface area (Å²) < 4.78 is 20.6. The number of nitrogens with one attached hydrogen (secondary N) is 1. The van der Waals surface area contributed by atoms with Crippen molar-refractivity contribution < 1.29 is 33.5 Å². The zero-order valence-electron chi connectivity index (χ0n) is 29.3. The first-order valence-electron chi connectivity index (χ1n) is 16.6. The first-order chi connectivity index (χ1) is 26.0. The number of carboxylic acids is 1. The monoisotopic (exact) mass is 735 g/mol. The number of rotatable bonds is 9. The summed E-state index contributed by atoms with van der Waals surface area (Å²) in [5.41, 5.74) is 2.98. The molecule has 0 radical (unpaired) electrons. The number of aryl methyl sites for hydroxylation is 2. The van der Waals surface area contributed by atoms with E-state index >= 15 is 0 Å². The Morgan fingerprint density at radius 2 is 1.30 bits per heavy atom. The van der Waals surface area contributed by atoms with E-state index in [1.54, 1.807) is 6.07 Å². The van der Waals surface area contributed by atoms with Gasteiger partial charge in [0.25, 0.3) is 17.0 Å². The van der Waals surface area contributed by atoms with Crippen LogP contribution in [0.25, 0.3) is 0 Å². The topological polar surface area (TPSA) is 189 Å². The molecule has 0 fully saturated rings. The van der Waals surface area contributed by atoms with Gasteiger partial charge in [0.15, 0.2) is 29.5 Å². The quantitative estimate of drug-likeness (QED) is 0.223. The Balaban J connectivity index is 0.000000197. The highest BCUT2D eigenvalue weighted by atomic mass is 19.1. The maximum Gasteiger partial charge on any atom is 0.356 e. The van der Waals surface area contributed by atoms with Crippen LogP contribution in [0.5, 0.6) is 5.75 Å². The predicted octanol–water partition coefficient (Wildman–Crippen LogP) is 4.07. The number of hydrogen-bond acceptors (Lipinski definition) is 11. The fourth-order valence-corrected chi connectivity index (χ4v) is 5.70. The molecule has 15 nitrogen and oxygen atoms in total. The summed E-state index contributed by atoms with van der Waals surface area (Å²) in [6.45, 7) is 0.134. The number of aromatic nitrogens is 4. The fraction of sp³-hybridized carbons (Fsp3) is 0.211. The van der Waals surface area contributed by atoms with Crippen molar-refractivity contribution in [1.29, 1.82) is 0 Å². The second-order valence-electron chi connectivity index (χ2n) is 12.2. The van der Waals surface area contributed by atoms with E-state index in [1.165, 1.54) is 45.5 Å². The van der Waals surface area contributed by atoms with Crippen molar-refractivity contribution >= 4 is 23.3 Å². The number of carboxylic acid groups (broad SMARTS) is 1. The molecule has 54 heavy (non-hydrogen) atoms. The summed E-state index contributed by atoms with van der Waals surface area (Å²) in [5.74, 6) is -2.08. The van der Waals surface area contributed by atoms with Gasteiger partial charge < -0.3 is 24.8 Å². The van der Waals surface area contributed by atoms with Gasteiger partial charge in [-0.05, 0) is 41.0 Å². The second kappa shape index (κ2) is 16.1. The van der Waals surface area contributed by atoms with Crippen LogP contribution in [0.4, 0.5) is 4.39 Å². The van der Waals surface area contributed by atoms with Crippen molar-refractivity contribution in [2.45, 2.75) is 31.6 Å². The highest BCUT2D eigenvalue weighted by Crippen LogP contribution is 2.30. The van der Waals surface area contributed by atoms with Gasteiger partial charge >= 0.3 is 5.97 Å². The predicted molar refractivity (Wildman–Crippen MR) is 193 cm³/mol. The van der Waals surface area contributed by atoms with Crippen LogP contribution >= 0.6 is 0 Å². The first-order valence-corrected chi connectivity index (χ1v) is 16.6. The molecule has 0 saturated heterocycles. The molecule has 16 heteroatoms. The molecule has 276 valence electrons. The fourth-order valence-electron chi connectivity index (χ4n) is 5.70. The third-order valence-electron chi connectivity index (χ3n) is 8.55. The SMILES string of the molecule is COc1cc(CNC(=O)c2cc(C3=NOC(c4ccccc4)C3)c(=O)n(C)n2)ccc1F.Cn1nc(C(=O)O)cc(C2=NOC(c3ccccc3)C2)c1=O. The Morgan fingerprint density at radius 3 is 1.80 bits per heavy atom. The zero-order chi connectivity index (χ0) is 38.4. The standard InChI is InChI=1S/C23H21FN4O4.C15H13N3O4/c1-28-23(30)16(18-12-20(32-27-18)15-6-4-3-5-7-15)11-19(26-28)22(29)25-13-14-8-9-17(24)21(10-14)31-2;1-18-14(19)10(7-12(16-18)15(20)21)11-8-13(22-17-11)9-5-3-2-4-6-9/h3-11,20H,12-13H2,1-2H3,(H,25,29);2-7,13H,8H2,1H3,(H,20,21). The van der Waals surface area contributed by atoms with Gasteiger partial charge in [0, 0.05) is 33.5 Å². The van der Waals surface area contributed by atoms with Crippen LogP contribution in [0.15, 0.2) is 111 Å². The Morgan fingerprint density at radius 1 is 0.796 bits per heavy atom. The number of aromatic carboxylic acids is 1. The molecule has 2 unspecified atom stereocenters. The summed E-state index contributed by atoms with van der Waals surface area (Å²) in [7, 11) is 4.25. The lowest BCUT2D eigenvalue weighted by atomic mass is 10.0. The number of oxime groups is 2. The van der Waals surface area contributed by atoms with E-state index < -0.39 is 23.3 Å². The van der Waals surface area contributed by atoms with E-state index in [4.69, 9.17) is 19.5 Å². The molecule has 5 aromatic rings. The largest absolute Gasteiger partial charge is 0.494 e. The van der Waals surface area contributed by atoms with Gasteiger partial charge in [0.1, 0.15) is 5.69 Å². The van der Waals surface area contributed by atoms with E-state index in [0.29, 0.717) is 29.8 Å². The van der Waals surface area contributed by atoms with Crippen LogP contribution in [0.3, 0.4) is 0 Å². The van der Waals surface area contributed by atoms with E-state index in [2.05, 4.69) is 25.8 Å². The normalized spacial score (nSPS) is 15.9. The van der Waals surface area contributed by atoms with Gasteiger partial charge in [0.05, 0.1) is 29.7 Å². The molecule has 0 bridgehead atoms. The second-order valence-corrected chi connectivity index (χ2v) is 12.2. The summed E-state index contributed by atoms with van der Waals surface area (Å²) in [6.07, 6.45) is 0.235. The molecule has 4 heterocycles. The van der Waals surface area contributed by atoms with Gasteiger partial charge in [-0.15, -0.1) is 0 Å². The minimum Gasteiger partial charge on any atom is -0.494 e. The number of amides is 1. The lowest BCUT2D eigenvalue weighted by molar-refractivity contribution is 0.0687. The molecule has 7 rings (SSSR count). The van der Waals surface area contributed by atoms with Gasteiger partial charge in [-0.1, -0.05) is 77.0 Å². The third kappa shape index (κ3) is 8.22. The lowest BCUT2D eigenvalue weighted by Gasteiger charge is -2.10. The molecular weight excluding hydrogens is 701 g/mol. The van der Waals surface area contributed by atoms with Crippen molar-refractivity contribution in [3.8, 4) is 5.75 Å². The molecule has 2 atom stereocenters. The molecule has 2 aliphatic heterocycles. The highest BCUT2D eigenvalue weighted by Gasteiger charge is 2.28. The maximum absolute atomic E-state index is 13.6. The number of ether oxygens (including phenoxy) is 1. The molecule has 0 spiro atoms. The van der Waals surface area contributed by atoms with Gasteiger partial charge in [0.2, 0.25) is 0 Å². The number of carbonyl (C=O) groups excluding carboxylic acids is 1. The van der Waals surface area contributed by atoms with Crippen LogP contribution < -0.4 is 21.2 Å². The van der Waals surface area contributed by atoms with Gasteiger partial charge in [-0.25, -0.2) is 18.5 Å². The van der Waals surface area contributed by atoms with Crippen LogP contribution in [-0.2, 0) is 30.3 Å². The Bertz CT molecular complexity index is 2380. The van der Waals surface area contributed by atoms with Crippen molar-refractivity contribution in [2.24, 2.45) is 24.4 Å². The van der Waals surface area contributed by atoms with Crippen LogP contribution in [0.1, 0.15) is 73.8 Å². The number of nitrogens with zero attached hydrogens (tertiary/aromatic N) is 6. The summed E-state index contributed by atoms with van der Waals surface area (Å²) in [5, 5.41) is 27.5. The Labute approximate surface area is 306 Å². The highest BCUT2D eigenvalue weighted by molar-refractivity contribution is 6.03.